The number of hydrogen-bond donors (Lipinski definition) is 1. The minimum absolute atomic E-state index is 0.00911. The van der Waals surface area contributed by atoms with Crippen LogP contribution in [-0.2, 0) is 0 Å². The molecule has 20 heavy (non-hydrogen) atoms. The molecule has 0 saturated heterocycles. The van der Waals surface area contributed by atoms with Crippen molar-refractivity contribution in [2.45, 2.75) is 19.9 Å². The van der Waals surface area contributed by atoms with Crippen LogP contribution in [-0.4, -0.2) is 14.8 Å². The van der Waals surface area contributed by atoms with E-state index in [-0.39, 0.29) is 6.04 Å². The van der Waals surface area contributed by atoms with Crippen LogP contribution in [0.15, 0.2) is 46.9 Å². The molecule has 102 valence electrons. The van der Waals surface area contributed by atoms with Crippen molar-refractivity contribution in [2.75, 3.05) is 0 Å². The van der Waals surface area contributed by atoms with Gasteiger partial charge in [-0.05, 0) is 38.2 Å². The lowest BCUT2D eigenvalue weighted by molar-refractivity contribution is 0.428. The second kappa shape index (κ2) is 5.09. The molecule has 2 heterocycles. The van der Waals surface area contributed by atoms with Crippen molar-refractivity contribution < 1.29 is 4.42 Å². The van der Waals surface area contributed by atoms with E-state index in [2.05, 4.69) is 17.1 Å². The van der Waals surface area contributed by atoms with Crippen LogP contribution in [0.2, 0.25) is 0 Å². The Labute approximate surface area is 122 Å². The van der Waals surface area contributed by atoms with Gasteiger partial charge in [0.25, 0.3) is 0 Å². The molecule has 0 aliphatic rings. The monoisotopic (exact) mass is 285 g/mol. The lowest BCUT2D eigenvalue weighted by Gasteiger charge is -2.13. The first-order valence-electron chi connectivity index (χ1n) is 6.45. The second-order valence-electron chi connectivity index (χ2n) is 4.71. The molecule has 2 aromatic heterocycles. The number of aromatic amines is 1. The first-order valence-corrected chi connectivity index (χ1v) is 6.86. The minimum atomic E-state index is -0.00911. The second-order valence-corrected chi connectivity index (χ2v) is 5.10. The molecule has 0 bridgehead atoms. The average Bonchev–Trinajstić information content (AvgIpc) is 3.05. The lowest BCUT2D eigenvalue weighted by atomic mass is 10.2. The Morgan fingerprint density at radius 1 is 1.20 bits per heavy atom. The van der Waals surface area contributed by atoms with Crippen molar-refractivity contribution in [3.8, 4) is 11.4 Å². The van der Waals surface area contributed by atoms with Gasteiger partial charge in [0.2, 0.25) is 0 Å². The van der Waals surface area contributed by atoms with Crippen molar-refractivity contribution in [3.05, 3.63) is 58.8 Å². The molecule has 1 aromatic carbocycles. The van der Waals surface area contributed by atoms with Crippen LogP contribution in [0.25, 0.3) is 11.4 Å². The maximum atomic E-state index is 5.71. The zero-order chi connectivity index (χ0) is 14.1. The zero-order valence-electron chi connectivity index (χ0n) is 11.3. The van der Waals surface area contributed by atoms with Gasteiger partial charge in [0, 0.05) is 5.56 Å². The Bertz CT molecular complexity index is 770. The molecule has 1 atom stereocenters. The first kappa shape index (κ1) is 12.9. The predicted molar refractivity (Wildman–Crippen MR) is 80.1 cm³/mol. The van der Waals surface area contributed by atoms with Crippen LogP contribution >= 0.6 is 12.2 Å². The molecule has 5 heteroatoms. The van der Waals surface area contributed by atoms with Gasteiger partial charge >= 0.3 is 0 Å². The third-order valence-electron chi connectivity index (χ3n) is 3.30. The predicted octanol–water partition coefficient (Wildman–Crippen LogP) is 4.12. The van der Waals surface area contributed by atoms with Gasteiger partial charge in [-0.3, -0.25) is 9.67 Å². The van der Waals surface area contributed by atoms with Gasteiger partial charge in [-0.2, -0.15) is 5.10 Å². The summed E-state index contributed by atoms with van der Waals surface area (Å²) in [6.45, 7) is 3.99. The normalized spacial score (nSPS) is 12.5. The molecule has 4 nitrogen and oxygen atoms in total. The summed E-state index contributed by atoms with van der Waals surface area (Å²) < 4.78 is 8.27. The SMILES string of the molecule is Cc1ccc(C(C)n2c(-c3ccccc3)n[nH]c2=S)o1. The molecule has 0 radical (unpaired) electrons. The Hall–Kier alpha value is -2.14. The molecule has 0 aliphatic carbocycles. The number of aromatic nitrogens is 3. The highest BCUT2D eigenvalue weighted by molar-refractivity contribution is 7.71. The molecule has 3 rings (SSSR count). The fourth-order valence-corrected chi connectivity index (χ4v) is 2.55. The van der Waals surface area contributed by atoms with E-state index >= 15 is 0 Å². The van der Waals surface area contributed by atoms with Crippen LogP contribution < -0.4 is 0 Å². The van der Waals surface area contributed by atoms with Gasteiger partial charge < -0.3 is 4.42 Å². The van der Waals surface area contributed by atoms with E-state index in [9.17, 15) is 0 Å². The van der Waals surface area contributed by atoms with Gasteiger partial charge in [0.15, 0.2) is 10.6 Å². The highest BCUT2D eigenvalue weighted by Crippen LogP contribution is 2.26. The first-order chi connectivity index (χ1) is 9.66. The van der Waals surface area contributed by atoms with E-state index in [1.165, 1.54) is 0 Å². The summed E-state index contributed by atoms with van der Waals surface area (Å²) in [5.41, 5.74) is 1.02. The molecule has 1 unspecified atom stereocenters. The van der Waals surface area contributed by atoms with Crippen LogP contribution in [0.3, 0.4) is 0 Å². The molecule has 3 aromatic rings. The number of H-pyrrole nitrogens is 1. The third kappa shape index (κ3) is 2.20. The summed E-state index contributed by atoms with van der Waals surface area (Å²) in [5.74, 6) is 2.58. The third-order valence-corrected chi connectivity index (χ3v) is 3.58. The summed E-state index contributed by atoms with van der Waals surface area (Å²) in [7, 11) is 0. The number of hydrogen-bond acceptors (Lipinski definition) is 3. The van der Waals surface area contributed by atoms with E-state index in [0.717, 1.165) is 22.9 Å². The number of nitrogens with one attached hydrogen (secondary N) is 1. The summed E-state index contributed by atoms with van der Waals surface area (Å²) in [5, 5.41) is 7.21. The molecule has 0 aliphatic heterocycles. The van der Waals surface area contributed by atoms with E-state index in [1.54, 1.807) is 0 Å². The summed E-state index contributed by atoms with van der Waals surface area (Å²) in [6, 6.07) is 13.9. The van der Waals surface area contributed by atoms with Crippen LogP contribution in [0.5, 0.6) is 0 Å². The van der Waals surface area contributed by atoms with E-state index in [0.29, 0.717) is 4.77 Å². The largest absolute Gasteiger partial charge is 0.464 e. The number of nitrogens with zero attached hydrogens (tertiary/aromatic N) is 2. The molecule has 0 saturated carbocycles. The highest BCUT2D eigenvalue weighted by atomic mass is 32.1. The maximum absolute atomic E-state index is 5.71. The Kier molecular flexibility index (Phi) is 3.28. The Morgan fingerprint density at radius 2 is 1.95 bits per heavy atom. The summed E-state index contributed by atoms with van der Waals surface area (Å²) >= 11 is 5.36. The molecule has 0 amide bonds. The number of benzene rings is 1. The van der Waals surface area contributed by atoms with Crippen molar-refractivity contribution in [2.24, 2.45) is 0 Å². The number of rotatable bonds is 3. The summed E-state index contributed by atoms with van der Waals surface area (Å²) in [4.78, 5) is 0. The molecule has 0 fully saturated rings. The maximum Gasteiger partial charge on any atom is 0.196 e. The standard InChI is InChI=1S/C15H15N3OS/c1-10-8-9-13(19-10)11(2)18-14(16-17-15(18)20)12-6-4-3-5-7-12/h3-9,11H,1-2H3,(H,17,20). The lowest BCUT2D eigenvalue weighted by Crippen LogP contribution is -2.08. The summed E-state index contributed by atoms with van der Waals surface area (Å²) in [6.07, 6.45) is 0. The molecular weight excluding hydrogens is 270 g/mol. The topological polar surface area (TPSA) is 46.8 Å². The molecule has 0 spiro atoms. The van der Waals surface area contributed by atoms with Crippen molar-refractivity contribution in [1.82, 2.24) is 14.8 Å². The van der Waals surface area contributed by atoms with Crippen LogP contribution in [0, 0.1) is 11.7 Å². The van der Waals surface area contributed by atoms with Gasteiger partial charge in [0.1, 0.15) is 11.5 Å². The van der Waals surface area contributed by atoms with Crippen molar-refractivity contribution in [1.29, 1.82) is 0 Å². The van der Waals surface area contributed by atoms with E-state index in [4.69, 9.17) is 16.6 Å². The van der Waals surface area contributed by atoms with E-state index in [1.807, 2.05) is 54.0 Å². The van der Waals surface area contributed by atoms with Crippen LogP contribution in [0.4, 0.5) is 0 Å². The van der Waals surface area contributed by atoms with Gasteiger partial charge in [-0.25, -0.2) is 0 Å². The highest BCUT2D eigenvalue weighted by Gasteiger charge is 2.18. The number of aryl methyl sites for hydroxylation is 1. The fraction of sp³-hybridized carbons (Fsp3) is 0.200. The van der Waals surface area contributed by atoms with Crippen molar-refractivity contribution in [3.63, 3.8) is 0 Å². The minimum Gasteiger partial charge on any atom is -0.464 e. The van der Waals surface area contributed by atoms with Crippen molar-refractivity contribution >= 4 is 12.2 Å². The molecule has 1 N–H and O–H groups in total. The zero-order valence-corrected chi connectivity index (χ0v) is 12.1. The number of furan rings is 1. The van der Waals surface area contributed by atoms with Gasteiger partial charge in [-0.1, -0.05) is 30.3 Å². The average molecular weight is 285 g/mol. The quantitative estimate of drug-likeness (QED) is 0.736. The molecular formula is C15H15N3OS. The Balaban J connectivity index is 2.10. The smallest absolute Gasteiger partial charge is 0.196 e. The van der Waals surface area contributed by atoms with Gasteiger partial charge in [0.05, 0.1) is 6.04 Å². The fourth-order valence-electron chi connectivity index (χ4n) is 2.26. The van der Waals surface area contributed by atoms with Crippen LogP contribution in [0.1, 0.15) is 24.5 Å². The Morgan fingerprint density at radius 3 is 2.60 bits per heavy atom. The van der Waals surface area contributed by atoms with E-state index < -0.39 is 0 Å². The van der Waals surface area contributed by atoms with Gasteiger partial charge in [-0.15, -0.1) is 0 Å².